The van der Waals surface area contributed by atoms with Gasteiger partial charge in [-0.3, -0.25) is 14.3 Å². The number of benzene rings is 1. The maximum absolute atomic E-state index is 13.1. The highest BCUT2D eigenvalue weighted by Crippen LogP contribution is 2.36. The first-order valence-electron chi connectivity index (χ1n) is 8.75. The number of carbonyl (C=O) groups is 2. The van der Waals surface area contributed by atoms with Crippen LogP contribution in [0, 0.1) is 13.8 Å². The Bertz CT molecular complexity index is 924. The standard InChI is InChI=1S/C19H23ClN4O3/c1-6-24-12(3)14(11(2)22-24)10-23(5)18(26)19(4)17(25)21-15-9-13(20)7-8-16(15)27-19/h7-9H,6,10H2,1-5H3,(H,21,25). The number of ether oxygens (including phenoxy) is 1. The SMILES string of the molecule is CCn1nc(C)c(CN(C)C(=O)C2(C)Oc3ccc(Cl)cc3NC2=O)c1C. The number of aryl methyl sites for hydroxylation is 2. The van der Waals surface area contributed by atoms with E-state index in [4.69, 9.17) is 16.3 Å². The van der Waals surface area contributed by atoms with E-state index < -0.39 is 17.4 Å². The lowest BCUT2D eigenvalue weighted by Crippen LogP contribution is -2.58. The van der Waals surface area contributed by atoms with Gasteiger partial charge in [-0.2, -0.15) is 5.10 Å². The van der Waals surface area contributed by atoms with Gasteiger partial charge in [0.25, 0.3) is 17.4 Å². The van der Waals surface area contributed by atoms with E-state index in [-0.39, 0.29) is 0 Å². The van der Waals surface area contributed by atoms with E-state index in [0.717, 1.165) is 23.5 Å². The van der Waals surface area contributed by atoms with Gasteiger partial charge in [0.2, 0.25) is 0 Å². The molecule has 1 aromatic carbocycles. The maximum atomic E-state index is 13.1. The minimum Gasteiger partial charge on any atom is -0.466 e. The van der Waals surface area contributed by atoms with Crippen LogP contribution in [-0.4, -0.2) is 39.1 Å². The molecule has 7 nitrogen and oxygen atoms in total. The molecule has 2 amide bonds. The summed E-state index contributed by atoms with van der Waals surface area (Å²) in [4.78, 5) is 27.2. The zero-order valence-electron chi connectivity index (χ0n) is 16.1. The number of rotatable bonds is 4. The van der Waals surface area contributed by atoms with Crippen LogP contribution >= 0.6 is 11.6 Å². The van der Waals surface area contributed by atoms with Gasteiger partial charge < -0.3 is 15.0 Å². The van der Waals surface area contributed by atoms with Gasteiger partial charge in [0, 0.05) is 36.4 Å². The number of hydrogen-bond donors (Lipinski definition) is 1. The van der Waals surface area contributed by atoms with Crippen molar-refractivity contribution in [3.05, 3.63) is 40.2 Å². The number of aromatic nitrogens is 2. The average Bonchev–Trinajstić information content (AvgIpc) is 2.89. The Labute approximate surface area is 163 Å². The summed E-state index contributed by atoms with van der Waals surface area (Å²) in [7, 11) is 1.66. The van der Waals surface area contributed by atoms with Crippen LogP contribution in [0.4, 0.5) is 5.69 Å². The van der Waals surface area contributed by atoms with E-state index in [1.54, 1.807) is 25.2 Å². The summed E-state index contributed by atoms with van der Waals surface area (Å²) in [6.45, 7) is 8.49. The van der Waals surface area contributed by atoms with Crippen LogP contribution < -0.4 is 10.1 Å². The van der Waals surface area contributed by atoms with Crippen LogP contribution in [0.2, 0.25) is 5.02 Å². The van der Waals surface area contributed by atoms with E-state index in [9.17, 15) is 9.59 Å². The number of halogens is 1. The van der Waals surface area contributed by atoms with Crippen LogP contribution in [0.15, 0.2) is 18.2 Å². The summed E-state index contributed by atoms with van der Waals surface area (Å²) in [6.07, 6.45) is 0. The van der Waals surface area contributed by atoms with Crippen molar-refractivity contribution >= 4 is 29.1 Å². The molecule has 0 radical (unpaired) electrons. The molecular weight excluding hydrogens is 368 g/mol. The second kappa shape index (κ2) is 6.88. The molecule has 1 N–H and O–H groups in total. The van der Waals surface area contributed by atoms with Crippen molar-refractivity contribution in [1.82, 2.24) is 14.7 Å². The molecule has 144 valence electrons. The lowest BCUT2D eigenvalue weighted by atomic mass is 10.0. The van der Waals surface area contributed by atoms with Gasteiger partial charge in [-0.25, -0.2) is 0 Å². The fraction of sp³-hybridized carbons (Fsp3) is 0.421. The largest absolute Gasteiger partial charge is 0.466 e. The van der Waals surface area contributed by atoms with Gasteiger partial charge in [-0.15, -0.1) is 0 Å². The summed E-state index contributed by atoms with van der Waals surface area (Å²) in [5, 5.41) is 7.67. The van der Waals surface area contributed by atoms with Crippen LogP contribution in [0.1, 0.15) is 30.8 Å². The number of likely N-dealkylation sites (N-methyl/N-ethyl adjacent to an activating group) is 1. The Morgan fingerprint density at radius 1 is 1.41 bits per heavy atom. The molecule has 0 fully saturated rings. The first kappa shape index (κ1) is 19.2. The normalized spacial score (nSPS) is 18.5. The van der Waals surface area contributed by atoms with Gasteiger partial charge in [-0.05, 0) is 45.9 Å². The minimum atomic E-state index is -1.65. The smallest absolute Gasteiger partial charge is 0.278 e. The highest BCUT2D eigenvalue weighted by molar-refractivity contribution is 6.31. The Hall–Kier alpha value is -2.54. The number of hydrogen-bond acceptors (Lipinski definition) is 4. The molecule has 27 heavy (non-hydrogen) atoms. The first-order chi connectivity index (χ1) is 12.7. The summed E-state index contributed by atoms with van der Waals surface area (Å²) < 4.78 is 7.71. The number of nitrogens with one attached hydrogen (secondary N) is 1. The average molecular weight is 391 g/mol. The quantitative estimate of drug-likeness (QED) is 0.814. The van der Waals surface area contributed by atoms with Crippen molar-refractivity contribution in [2.24, 2.45) is 0 Å². The zero-order chi connectivity index (χ0) is 19.9. The fourth-order valence-corrected chi connectivity index (χ4v) is 3.45. The molecule has 2 aromatic rings. The molecule has 1 aromatic heterocycles. The van der Waals surface area contributed by atoms with Gasteiger partial charge in [0.05, 0.1) is 11.4 Å². The summed E-state index contributed by atoms with van der Waals surface area (Å²) in [5.74, 6) is -0.537. The van der Waals surface area contributed by atoms with Crippen LogP contribution in [0.5, 0.6) is 5.75 Å². The van der Waals surface area contributed by atoms with E-state index in [0.29, 0.717) is 23.0 Å². The Morgan fingerprint density at radius 3 is 2.74 bits per heavy atom. The molecule has 1 unspecified atom stereocenters. The third-order valence-electron chi connectivity index (χ3n) is 4.92. The van der Waals surface area contributed by atoms with E-state index >= 15 is 0 Å². The van der Waals surface area contributed by atoms with Crippen molar-refractivity contribution < 1.29 is 14.3 Å². The number of amides is 2. The lowest BCUT2D eigenvalue weighted by molar-refractivity contribution is -0.154. The van der Waals surface area contributed by atoms with E-state index in [1.165, 1.54) is 11.8 Å². The molecule has 0 saturated carbocycles. The van der Waals surface area contributed by atoms with E-state index in [2.05, 4.69) is 10.4 Å². The van der Waals surface area contributed by atoms with Crippen LogP contribution in [-0.2, 0) is 22.7 Å². The van der Waals surface area contributed by atoms with Crippen molar-refractivity contribution in [2.45, 2.75) is 46.4 Å². The fourth-order valence-electron chi connectivity index (χ4n) is 3.28. The number of fused-ring (bicyclic) bond motifs is 1. The Balaban J connectivity index is 1.85. The second-order valence-electron chi connectivity index (χ2n) is 6.86. The molecule has 8 heteroatoms. The highest BCUT2D eigenvalue weighted by Gasteiger charge is 2.48. The molecule has 0 spiro atoms. The molecule has 0 aliphatic carbocycles. The Morgan fingerprint density at radius 2 is 2.11 bits per heavy atom. The van der Waals surface area contributed by atoms with Crippen LogP contribution in [0.25, 0.3) is 0 Å². The van der Waals surface area contributed by atoms with E-state index in [1.807, 2.05) is 25.5 Å². The van der Waals surface area contributed by atoms with Crippen molar-refractivity contribution in [3.8, 4) is 5.75 Å². The van der Waals surface area contributed by atoms with Crippen molar-refractivity contribution in [3.63, 3.8) is 0 Å². The number of carbonyl (C=O) groups excluding carboxylic acids is 2. The molecule has 1 aliphatic rings. The Kier molecular flexibility index (Phi) is 4.90. The molecule has 2 heterocycles. The van der Waals surface area contributed by atoms with Crippen molar-refractivity contribution in [2.75, 3.05) is 12.4 Å². The highest BCUT2D eigenvalue weighted by atomic mass is 35.5. The molecule has 0 bridgehead atoms. The zero-order valence-corrected chi connectivity index (χ0v) is 16.8. The number of anilines is 1. The molecule has 3 rings (SSSR count). The third-order valence-corrected chi connectivity index (χ3v) is 5.15. The van der Waals surface area contributed by atoms with Crippen LogP contribution in [0.3, 0.4) is 0 Å². The molecule has 1 aliphatic heterocycles. The van der Waals surface area contributed by atoms with Gasteiger partial charge in [0.1, 0.15) is 5.75 Å². The molecule has 0 saturated heterocycles. The topological polar surface area (TPSA) is 76.5 Å². The minimum absolute atomic E-state index is 0.343. The van der Waals surface area contributed by atoms with Gasteiger partial charge >= 0.3 is 0 Å². The number of nitrogens with zero attached hydrogens (tertiary/aromatic N) is 3. The molecule has 1 atom stereocenters. The molecular formula is C19H23ClN4O3. The monoisotopic (exact) mass is 390 g/mol. The predicted octanol–water partition coefficient (Wildman–Crippen LogP) is 2.92. The predicted molar refractivity (Wildman–Crippen MR) is 103 cm³/mol. The summed E-state index contributed by atoms with van der Waals surface area (Å²) in [5.41, 5.74) is 1.65. The lowest BCUT2D eigenvalue weighted by Gasteiger charge is -2.36. The maximum Gasteiger partial charge on any atom is 0.278 e. The summed E-state index contributed by atoms with van der Waals surface area (Å²) >= 11 is 5.95. The van der Waals surface area contributed by atoms with Gasteiger partial charge in [0.15, 0.2) is 0 Å². The summed E-state index contributed by atoms with van der Waals surface area (Å²) in [6, 6.07) is 4.88. The van der Waals surface area contributed by atoms with Crippen molar-refractivity contribution in [1.29, 1.82) is 0 Å². The second-order valence-corrected chi connectivity index (χ2v) is 7.29. The van der Waals surface area contributed by atoms with Gasteiger partial charge in [-0.1, -0.05) is 11.6 Å². The third kappa shape index (κ3) is 3.27. The first-order valence-corrected chi connectivity index (χ1v) is 9.13.